The minimum absolute atomic E-state index is 0.0648. The first-order valence-electron chi connectivity index (χ1n) is 8.60. The molecule has 1 atom stereocenters. The van der Waals surface area contributed by atoms with Crippen molar-refractivity contribution >= 4 is 23.2 Å². The molecule has 1 N–H and O–H groups in total. The minimum atomic E-state index is -0.382. The third kappa shape index (κ3) is 2.87. The molecule has 0 spiro atoms. The number of carbonyl (C=O) groups excluding carboxylic acids is 2. The van der Waals surface area contributed by atoms with Crippen LogP contribution in [0.5, 0.6) is 11.5 Å². The number of nitrogens with one attached hydrogen (secondary N) is 1. The van der Waals surface area contributed by atoms with Gasteiger partial charge in [-0.15, -0.1) is 0 Å². The lowest BCUT2D eigenvalue weighted by Gasteiger charge is -2.17. The zero-order chi connectivity index (χ0) is 18.3. The van der Waals surface area contributed by atoms with Crippen LogP contribution in [-0.4, -0.2) is 25.2 Å². The van der Waals surface area contributed by atoms with Crippen molar-refractivity contribution in [1.29, 1.82) is 0 Å². The Kier molecular flexibility index (Phi) is 4.03. The van der Waals surface area contributed by atoms with Crippen LogP contribution in [0.25, 0.3) is 0 Å². The number of ether oxygens (including phenoxy) is 2. The zero-order valence-corrected chi connectivity index (χ0v) is 14.7. The highest BCUT2D eigenvalue weighted by atomic mass is 16.7. The molecule has 0 aliphatic carbocycles. The van der Waals surface area contributed by atoms with Crippen molar-refractivity contribution in [2.75, 3.05) is 23.6 Å². The maximum absolute atomic E-state index is 12.7. The normalized spacial score (nSPS) is 18.3. The predicted octanol–water partition coefficient (Wildman–Crippen LogP) is 3.02. The summed E-state index contributed by atoms with van der Waals surface area (Å²) in [5.74, 6) is 0.719. The minimum Gasteiger partial charge on any atom is -0.454 e. The van der Waals surface area contributed by atoms with Gasteiger partial charge in [-0.25, -0.2) is 0 Å². The smallest absolute Gasteiger partial charge is 0.231 e. The molecular formula is C20H20N2O4. The molecule has 2 aromatic carbocycles. The Balaban J connectivity index is 1.49. The SMILES string of the molecule is Cc1cccc(NC(=O)C2CC(=O)N(c3ccc4c(c3)OCO4)C2)c1C. The van der Waals surface area contributed by atoms with E-state index in [0.717, 1.165) is 22.5 Å². The summed E-state index contributed by atoms with van der Waals surface area (Å²) in [6.45, 7) is 4.53. The van der Waals surface area contributed by atoms with Crippen LogP contribution in [0.2, 0.25) is 0 Å². The molecule has 134 valence electrons. The van der Waals surface area contributed by atoms with Gasteiger partial charge >= 0.3 is 0 Å². The monoisotopic (exact) mass is 352 g/mol. The molecule has 26 heavy (non-hydrogen) atoms. The van der Waals surface area contributed by atoms with Gasteiger partial charge in [-0.05, 0) is 43.2 Å². The van der Waals surface area contributed by atoms with E-state index in [4.69, 9.17) is 9.47 Å². The van der Waals surface area contributed by atoms with Crippen molar-refractivity contribution in [2.45, 2.75) is 20.3 Å². The average molecular weight is 352 g/mol. The number of carbonyl (C=O) groups is 2. The van der Waals surface area contributed by atoms with Gasteiger partial charge in [-0.3, -0.25) is 9.59 Å². The summed E-state index contributed by atoms with van der Waals surface area (Å²) in [5, 5.41) is 2.96. The highest BCUT2D eigenvalue weighted by Gasteiger charge is 2.35. The summed E-state index contributed by atoms with van der Waals surface area (Å²) in [4.78, 5) is 26.7. The van der Waals surface area contributed by atoms with Gasteiger partial charge in [0.25, 0.3) is 0 Å². The fourth-order valence-electron chi connectivity index (χ4n) is 3.31. The van der Waals surface area contributed by atoms with Crippen LogP contribution in [0.3, 0.4) is 0 Å². The lowest BCUT2D eigenvalue weighted by molar-refractivity contribution is -0.122. The van der Waals surface area contributed by atoms with E-state index in [0.29, 0.717) is 18.0 Å². The summed E-state index contributed by atoms with van der Waals surface area (Å²) in [6.07, 6.45) is 0.200. The van der Waals surface area contributed by atoms with Crippen molar-refractivity contribution in [3.63, 3.8) is 0 Å². The van der Waals surface area contributed by atoms with Crippen LogP contribution >= 0.6 is 0 Å². The van der Waals surface area contributed by atoms with Crippen LogP contribution in [0.4, 0.5) is 11.4 Å². The van der Waals surface area contributed by atoms with Crippen molar-refractivity contribution in [2.24, 2.45) is 5.92 Å². The number of anilines is 2. The molecule has 2 aliphatic rings. The molecule has 6 heteroatoms. The summed E-state index contributed by atoms with van der Waals surface area (Å²) < 4.78 is 10.7. The van der Waals surface area contributed by atoms with Crippen molar-refractivity contribution in [1.82, 2.24) is 0 Å². The van der Waals surface area contributed by atoms with Crippen LogP contribution in [-0.2, 0) is 9.59 Å². The number of hydrogen-bond donors (Lipinski definition) is 1. The van der Waals surface area contributed by atoms with Gasteiger partial charge in [0.05, 0.1) is 5.92 Å². The fourth-order valence-corrected chi connectivity index (χ4v) is 3.31. The standard InChI is InChI=1S/C20H20N2O4/c1-12-4-3-5-16(13(12)2)21-20(24)14-8-19(23)22(10-14)15-6-7-17-18(9-15)26-11-25-17/h3-7,9,14H,8,10-11H2,1-2H3,(H,21,24). The molecular weight excluding hydrogens is 332 g/mol. The number of fused-ring (bicyclic) bond motifs is 1. The van der Waals surface area contributed by atoms with Crippen molar-refractivity contribution in [3.8, 4) is 11.5 Å². The summed E-state index contributed by atoms with van der Waals surface area (Å²) in [7, 11) is 0. The second-order valence-electron chi connectivity index (χ2n) is 6.68. The van der Waals surface area contributed by atoms with E-state index < -0.39 is 0 Å². The molecule has 1 saturated heterocycles. The topological polar surface area (TPSA) is 67.9 Å². The average Bonchev–Trinajstić information content (AvgIpc) is 3.24. The summed E-state index contributed by atoms with van der Waals surface area (Å²) in [6, 6.07) is 11.2. The molecule has 1 fully saturated rings. The first-order valence-corrected chi connectivity index (χ1v) is 8.60. The first-order chi connectivity index (χ1) is 12.5. The number of benzene rings is 2. The highest BCUT2D eigenvalue weighted by molar-refractivity contribution is 6.03. The Morgan fingerprint density at radius 2 is 1.96 bits per heavy atom. The van der Waals surface area contributed by atoms with Crippen molar-refractivity contribution in [3.05, 3.63) is 47.5 Å². The van der Waals surface area contributed by atoms with E-state index in [1.165, 1.54) is 0 Å². The maximum atomic E-state index is 12.7. The lowest BCUT2D eigenvalue weighted by Crippen LogP contribution is -2.28. The lowest BCUT2D eigenvalue weighted by atomic mass is 10.1. The van der Waals surface area contributed by atoms with E-state index in [1.807, 2.05) is 38.1 Å². The molecule has 2 heterocycles. The highest BCUT2D eigenvalue weighted by Crippen LogP contribution is 2.37. The van der Waals surface area contributed by atoms with E-state index in [2.05, 4.69) is 5.32 Å². The molecule has 2 aromatic rings. The molecule has 6 nitrogen and oxygen atoms in total. The van der Waals surface area contributed by atoms with Gasteiger partial charge < -0.3 is 19.7 Å². The number of nitrogens with zero attached hydrogens (tertiary/aromatic N) is 1. The Hall–Kier alpha value is -3.02. The van der Waals surface area contributed by atoms with Gasteiger partial charge in [0.15, 0.2) is 11.5 Å². The Morgan fingerprint density at radius 3 is 2.81 bits per heavy atom. The van der Waals surface area contributed by atoms with E-state index in [1.54, 1.807) is 17.0 Å². The van der Waals surface area contributed by atoms with E-state index in [-0.39, 0.29) is 30.9 Å². The number of aryl methyl sites for hydroxylation is 1. The summed E-state index contributed by atoms with van der Waals surface area (Å²) >= 11 is 0. The molecule has 2 aliphatic heterocycles. The third-order valence-electron chi connectivity index (χ3n) is 5.03. The van der Waals surface area contributed by atoms with Crippen molar-refractivity contribution < 1.29 is 19.1 Å². The van der Waals surface area contributed by atoms with Gasteiger partial charge in [0, 0.05) is 30.4 Å². The van der Waals surface area contributed by atoms with Gasteiger partial charge in [0.1, 0.15) is 0 Å². The molecule has 4 rings (SSSR count). The van der Waals surface area contributed by atoms with Crippen LogP contribution in [0.15, 0.2) is 36.4 Å². The third-order valence-corrected chi connectivity index (χ3v) is 5.03. The Bertz CT molecular complexity index is 893. The van der Waals surface area contributed by atoms with Gasteiger partial charge in [-0.1, -0.05) is 12.1 Å². The molecule has 2 amide bonds. The maximum Gasteiger partial charge on any atom is 0.231 e. The predicted molar refractivity (Wildman–Crippen MR) is 97.6 cm³/mol. The van der Waals surface area contributed by atoms with E-state index in [9.17, 15) is 9.59 Å². The van der Waals surface area contributed by atoms with Gasteiger partial charge in [0.2, 0.25) is 18.6 Å². The number of rotatable bonds is 3. The zero-order valence-electron chi connectivity index (χ0n) is 14.7. The quantitative estimate of drug-likeness (QED) is 0.922. The fraction of sp³-hybridized carbons (Fsp3) is 0.300. The first kappa shape index (κ1) is 16.4. The molecule has 0 radical (unpaired) electrons. The van der Waals surface area contributed by atoms with Gasteiger partial charge in [-0.2, -0.15) is 0 Å². The van der Waals surface area contributed by atoms with Crippen LogP contribution in [0, 0.1) is 19.8 Å². The van der Waals surface area contributed by atoms with Crippen LogP contribution in [0.1, 0.15) is 17.5 Å². The molecule has 1 unspecified atom stereocenters. The second-order valence-corrected chi connectivity index (χ2v) is 6.68. The molecule has 0 aromatic heterocycles. The Labute approximate surface area is 151 Å². The Morgan fingerprint density at radius 1 is 1.15 bits per heavy atom. The second kappa shape index (κ2) is 6.37. The number of amides is 2. The number of hydrogen-bond acceptors (Lipinski definition) is 4. The van der Waals surface area contributed by atoms with Crippen LogP contribution < -0.4 is 19.7 Å². The molecule has 0 bridgehead atoms. The van der Waals surface area contributed by atoms with E-state index >= 15 is 0 Å². The molecule has 0 saturated carbocycles. The largest absolute Gasteiger partial charge is 0.454 e. The summed E-state index contributed by atoms with van der Waals surface area (Å²) in [5.41, 5.74) is 3.68.